The third kappa shape index (κ3) is 2.91. The molecular formula is C19H21FN4. The zero-order valence-corrected chi connectivity index (χ0v) is 13.8. The van der Waals surface area contributed by atoms with Crippen molar-refractivity contribution in [3.8, 4) is 0 Å². The third-order valence-electron chi connectivity index (χ3n) is 4.93. The van der Waals surface area contributed by atoms with E-state index >= 15 is 0 Å². The molecule has 0 spiro atoms. The Labute approximate surface area is 141 Å². The molecule has 24 heavy (non-hydrogen) atoms. The maximum atomic E-state index is 13.6. The van der Waals surface area contributed by atoms with E-state index in [0.29, 0.717) is 5.92 Å². The molecule has 124 valence electrons. The van der Waals surface area contributed by atoms with Gasteiger partial charge in [-0.05, 0) is 43.1 Å². The number of benzene rings is 1. The summed E-state index contributed by atoms with van der Waals surface area (Å²) in [5, 5.41) is 1.01. The second kappa shape index (κ2) is 6.32. The predicted molar refractivity (Wildman–Crippen MR) is 92.2 cm³/mol. The van der Waals surface area contributed by atoms with Gasteiger partial charge in [0.1, 0.15) is 5.82 Å². The van der Waals surface area contributed by atoms with Gasteiger partial charge in [0.2, 0.25) is 0 Å². The van der Waals surface area contributed by atoms with E-state index in [1.807, 2.05) is 19.3 Å². The van der Waals surface area contributed by atoms with E-state index in [9.17, 15) is 4.39 Å². The first-order valence-corrected chi connectivity index (χ1v) is 8.42. The van der Waals surface area contributed by atoms with E-state index in [2.05, 4.69) is 25.6 Å². The second-order valence-corrected chi connectivity index (χ2v) is 6.63. The lowest BCUT2D eigenvalue weighted by molar-refractivity contribution is 0.199. The number of piperidine rings is 1. The molecular weight excluding hydrogens is 303 g/mol. The van der Waals surface area contributed by atoms with Crippen LogP contribution in [0, 0.1) is 5.82 Å². The van der Waals surface area contributed by atoms with Crippen molar-refractivity contribution in [1.29, 1.82) is 0 Å². The van der Waals surface area contributed by atoms with E-state index < -0.39 is 0 Å². The van der Waals surface area contributed by atoms with Crippen LogP contribution in [0.25, 0.3) is 10.9 Å². The van der Waals surface area contributed by atoms with Crippen LogP contribution in [0.5, 0.6) is 0 Å². The number of aromatic nitrogens is 3. The van der Waals surface area contributed by atoms with Crippen molar-refractivity contribution in [1.82, 2.24) is 19.4 Å². The molecule has 4 rings (SSSR count). The van der Waals surface area contributed by atoms with Gasteiger partial charge in [0, 0.05) is 61.7 Å². The Balaban J connectivity index is 1.56. The minimum Gasteiger partial charge on any atom is -0.350 e. The molecule has 1 aliphatic heterocycles. The Morgan fingerprint density at radius 2 is 2.21 bits per heavy atom. The van der Waals surface area contributed by atoms with Gasteiger partial charge in [-0.2, -0.15) is 0 Å². The summed E-state index contributed by atoms with van der Waals surface area (Å²) < 4.78 is 15.7. The quantitative estimate of drug-likeness (QED) is 0.739. The lowest BCUT2D eigenvalue weighted by Crippen LogP contribution is -2.34. The summed E-state index contributed by atoms with van der Waals surface area (Å²) in [5.41, 5.74) is 3.34. The number of hydrogen-bond acceptors (Lipinski definition) is 3. The standard InChI is InChI=1S/C19H21FN4/c1-23-11-15(17-9-16(20)4-5-19(17)23)13-24-8-2-3-14(12-24)18-10-21-6-7-22-18/h4-7,9-11,14H,2-3,8,12-13H2,1H3/t14-/m0/s1. The minimum atomic E-state index is -0.175. The molecule has 0 amide bonds. The highest BCUT2D eigenvalue weighted by molar-refractivity contribution is 5.84. The van der Waals surface area contributed by atoms with Crippen LogP contribution in [0.4, 0.5) is 4.39 Å². The van der Waals surface area contributed by atoms with Gasteiger partial charge in [0.25, 0.3) is 0 Å². The van der Waals surface area contributed by atoms with Gasteiger partial charge in [0.05, 0.1) is 5.69 Å². The number of aryl methyl sites for hydroxylation is 1. The number of fused-ring (bicyclic) bond motifs is 1. The molecule has 2 aromatic heterocycles. The molecule has 0 saturated carbocycles. The van der Waals surface area contributed by atoms with Crippen LogP contribution in [0.2, 0.25) is 0 Å². The van der Waals surface area contributed by atoms with E-state index in [0.717, 1.165) is 49.1 Å². The van der Waals surface area contributed by atoms with E-state index in [1.54, 1.807) is 18.5 Å². The molecule has 0 N–H and O–H groups in total. The van der Waals surface area contributed by atoms with Crippen LogP contribution in [0.3, 0.4) is 0 Å². The highest BCUT2D eigenvalue weighted by Gasteiger charge is 2.23. The summed E-state index contributed by atoms with van der Waals surface area (Å²) in [6.07, 6.45) is 9.79. The highest BCUT2D eigenvalue weighted by atomic mass is 19.1. The summed E-state index contributed by atoms with van der Waals surface area (Å²) in [6.45, 7) is 2.89. The van der Waals surface area contributed by atoms with E-state index in [-0.39, 0.29) is 5.82 Å². The van der Waals surface area contributed by atoms with E-state index in [4.69, 9.17) is 0 Å². The van der Waals surface area contributed by atoms with Crippen molar-refractivity contribution in [2.24, 2.45) is 7.05 Å². The van der Waals surface area contributed by atoms with Crippen LogP contribution < -0.4 is 0 Å². The van der Waals surface area contributed by atoms with Gasteiger partial charge in [-0.25, -0.2) is 4.39 Å². The molecule has 0 aliphatic carbocycles. The van der Waals surface area contributed by atoms with Crippen molar-refractivity contribution in [2.75, 3.05) is 13.1 Å². The summed E-state index contributed by atoms with van der Waals surface area (Å²) in [5.74, 6) is 0.255. The first kappa shape index (κ1) is 15.3. The summed E-state index contributed by atoms with van der Waals surface area (Å²) in [4.78, 5) is 11.1. The van der Waals surface area contributed by atoms with Gasteiger partial charge < -0.3 is 4.57 Å². The molecule has 1 aliphatic rings. The molecule has 1 fully saturated rings. The lowest BCUT2D eigenvalue weighted by atomic mass is 9.94. The van der Waals surface area contributed by atoms with Crippen LogP contribution in [0.1, 0.15) is 30.0 Å². The maximum absolute atomic E-state index is 13.6. The first-order valence-electron chi connectivity index (χ1n) is 8.42. The highest BCUT2D eigenvalue weighted by Crippen LogP contribution is 2.28. The van der Waals surface area contributed by atoms with Crippen molar-refractivity contribution in [3.05, 3.63) is 60.1 Å². The number of hydrogen-bond donors (Lipinski definition) is 0. The maximum Gasteiger partial charge on any atom is 0.123 e. The second-order valence-electron chi connectivity index (χ2n) is 6.63. The third-order valence-corrected chi connectivity index (χ3v) is 4.93. The van der Waals surface area contributed by atoms with Crippen molar-refractivity contribution < 1.29 is 4.39 Å². The summed E-state index contributed by atoms with van der Waals surface area (Å²) in [7, 11) is 2.02. The van der Waals surface area contributed by atoms with Crippen LogP contribution >= 0.6 is 0 Å². The van der Waals surface area contributed by atoms with Gasteiger partial charge in [-0.1, -0.05) is 0 Å². The predicted octanol–water partition coefficient (Wildman–Crippen LogP) is 3.49. The first-order chi connectivity index (χ1) is 11.7. The van der Waals surface area contributed by atoms with Gasteiger partial charge >= 0.3 is 0 Å². The zero-order chi connectivity index (χ0) is 16.5. The van der Waals surface area contributed by atoms with Crippen molar-refractivity contribution in [2.45, 2.75) is 25.3 Å². The molecule has 5 heteroatoms. The number of rotatable bonds is 3. The fraction of sp³-hybridized carbons (Fsp3) is 0.368. The summed E-state index contributed by atoms with van der Waals surface area (Å²) >= 11 is 0. The summed E-state index contributed by atoms with van der Waals surface area (Å²) in [6, 6.07) is 5.03. The Kier molecular flexibility index (Phi) is 4.02. The monoisotopic (exact) mass is 324 g/mol. The average molecular weight is 324 g/mol. The fourth-order valence-electron chi connectivity index (χ4n) is 3.77. The topological polar surface area (TPSA) is 34.0 Å². The van der Waals surface area contributed by atoms with E-state index in [1.165, 1.54) is 11.6 Å². The molecule has 1 saturated heterocycles. The average Bonchev–Trinajstić information content (AvgIpc) is 2.91. The Morgan fingerprint density at radius 3 is 3.04 bits per heavy atom. The molecule has 0 bridgehead atoms. The Hall–Kier alpha value is -2.27. The minimum absolute atomic E-state index is 0.175. The van der Waals surface area contributed by atoms with Crippen molar-refractivity contribution >= 4 is 10.9 Å². The largest absolute Gasteiger partial charge is 0.350 e. The number of nitrogens with zero attached hydrogens (tertiary/aromatic N) is 4. The van der Waals surface area contributed by atoms with Gasteiger partial charge in [-0.3, -0.25) is 14.9 Å². The Morgan fingerprint density at radius 1 is 1.29 bits per heavy atom. The Bertz CT molecular complexity index is 843. The lowest BCUT2D eigenvalue weighted by Gasteiger charge is -2.32. The molecule has 1 atom stereocenters. The molecule has 1 aromatic carbocycles. The molecule has 3 aromatic rings. The van der Waals surface area contributed by atoms with Crippen LogP contribution in [-0.2, 0) is 13.6 Å². The number of halogens is 1. The van der Waals surface area contributed by atoms with Crippen LogP contribution in [-0.4, -0.2) is 32.5 Å². The molecule has 3 heterocycles. The normalized spacial score (nSPS) is 19.0. The fourth-order valence-corrected chi connectivity index (χ4v) is 3.77. The number of likely N-dealkylation sites (tertiary alicyclic amines) is 1. The molecule has 0 unspecified atom stereocenters. The molecule has 0 radical (unpaired) electrons. The SMILES string of the molecule is Cn1cc(CN2CCC[C@H](c3cnccn3)C2)c2cc(F)ccc21. The molecule has 4 nitrogen and oxygen atoms in total. The van der Waals surface area contributed by atoms with Crippen molar-refractivity contribution in [3.63, 3.8) is 0 Å². The zero-order valence-electron chi connectivity index (χ0n) is 13.8. The van der Waals surface area contributed by atoms with Gasteiger partial charge in [-0.15, -0.1) is 0 Å². The smallest absolute Gasteiger partial charge is 0.123 e. The van der Waals surface area contributed by atoms with Gasteiger partial charge in [0.15, 0.2) is 0 Å². The van der Waals surface area contributed by atoms with Crippen LogP contribution in [0.15, 0.2) is 43.0 Å².